The largest absolute Gasteiger partial charge is 0.392 e. The van der Waals surface area contributed by atoms with Gasteiger partial charge in [0.1, 0.15) is 5.78 Å². The maximum Gasteiger partial charge on any atom is 0.223 e. The monoisotopic (exact) mass is 538 g/mol. The highest BCUT2D eigenvalue weighted by Crippen LogP contribution is 2.31. The molecule has 1 aliphatic rings. The minimum absolute atomic E-state index is 0.126. The van der Waals surface area contributed by atoms with Gasteiger partial charge in [-0.15, -0.1) is 11.3 Å². The number of benzene rings is 1. The van der Waals surface area contributed by atoms with E-state index in [9.17, 15) is 19.8 Å². The van der Waals surface area contributed by atoms with Crippen LogP contribution in [0.2, 0.25) is 0 Å². The van der Waals surface area contributed by atoms with E-state index in [1.807, 2.05) is 39.8 Å². The van der Waals surface area contributed by atoms with Gasteiger partial charge in [-0.25, -0.2) is 4.98 Å². The number of hydrogen-bond acceptors (Lipinski definition) is 6. The van der Waals surface area contributed by atoms with Gasteiger partial charge in [-0.2, -0.15) is 0 Å². The predicted octanol–water partition coefficient (Wildman–Crippen LogP) is 5.77. The number of nitrogens with one attached hydrogen (secondary N) is 1. The van der Waals surface area contributed by atoms with Crippen LogP contribution in [-0.4, -0.2) is 45.1 Å². The number of nitrogens with zero attached hydrogens (tertiary/aromatic N) is 1. The summed E-state index contributed by atoms with van der Waals surface area (Å²) in [5.74, 6) is -1.35. The molecule has 206 valence electrons. The van der Waals surface area contributed by atoms with Gasteiger partial charge >= 0.3 is 0 Å². The van der Waals surface area contributed by atoms with Crippen LogP contribution in [0.15, 0.2) is 47.6 Å². The zero-order valence-electron chi connectivity index (χ0n) is 23.6. The van der Waals surface area contributed by atoms with Gasteiger partial charge in [0.25, 0.3) is 0 Å². The van der Waals surface area contributed by atoms with E-state index < -0.39 is 23.5 Å². The lowest BCUT2D eigenvalue weighted by Crippen LogP contribution is -2.47. The van der Waals surface area contributed by atoms with E-state index in [1.54, 1.807) is 32.1 Å². The molecule has 0 saturated heterocycles. The highest BCUT2D eigenvalue weighted by atomic mass is 32.1. The second kappa shape index (κ2) is 12.5. The van der Waals surface area contributed by atoms with Gasteiger partial charge in [-0.1, -0.05) is 69.2 Å². The molecule has 0 saturated carbocycles. The Bertz CT molecular complexity index is 1260. The van der Waals surface area contributed by atoms with Crippen LogP contribution in [0.5, 0.6) is 0 Å². The van der Waals surface area contributed by atoms with Crippen molar-refractivity contribution in [1.82, 2.24) is 10.3 Å². The van der Waals surface area contributed by atoms with E-state index in [2.05, 4.69) is 40.7 Å². The fraction of sp³-hybridized carbons (Fsp3) is 0.516. The number of aromatic nitrogens is 1. The van der Waals surface area contributed by atoms with Crippen LogP contribution < -0.4 is 5.32 Å². The topological polar surface area (TPSA) is 99.5 Å². The third-order valence-corrected chi connectivity index (χ3v) is 8.67. The van der Waals surface area contributed by atoms with E-state index in [1.165, 1.54) is 0 Å². The Kier molecular flexibility index (Phi) is 9.85. The van der Waals surface area contributed by atoms with E-state index >= 15 is 0 Å². The Morgan fingerprint density at radius 3 is 2.58 bits per heavy atom. The fourth-order valence-electron chi connectivity index (χ4n) is 4.93. The van der Waals surface area contributed by atoms with Crippen molar-refractivity contribution in [2.24, 2.45) is 17.3 Å². The van der Waals surface area contributed by atoms with Crippen LogP contribution in [0.3, 0.4) is 0 Å². The number of fused-ring (bicyclic) bond motifs is 1. The Morgan fingerprint density at radius 1 is 1.16 bits per heavy atom. The summed E-state index contributed by atoms with van der Waals surface area (Å²) in [5.41, 5.74) is 2.82. The van der Waals surface area contributed by atoms with Gasteiger partial charge in [-0.05, 0) is 57.2 Å². The molecule has 0 fully saturated rings. The number of aliphatic hydroxyl groups is 2. The molecule has 0 bridgehead atoms. The van der Waals surface area contributed by atoms with Crippen molar-refractivity contribution in [3.63, 3.8) is 0 Å². The molecule has 1 aromatic heterocycles. The first-order valence-electron chi connectivity index (χ1n) is 13.4. The van der Waals surface area contributed by atoms with Gasteiger partial charge in [0.2, 0.25) is 5.91 Å². The number of allylic oxidation sites excluding steroid dienone is 3. The molecule has 5 atom stereocenters. The van der Waals surface area contributed by atoms with Crippen molar-refractivity contribution < 1.29 is 19.8 Å². The quantitative estimate of drug-likeness (QED) is 0.451. The highest BCUT2D eigenvalue weighted by molar-refractivity contribution is 7.18. The fourth-order valence-corrected chi connectivity index (χ4v) is 5.74. The summed E-state index contributed by atoms with van der Waals surface area (Å²) < 4.78 is 1.14. The van der Waals surface area contributed by atoms with Crippen LogP contribution in [0.1, 0.15) is 71.4 Å². The minimum Gasteiger partial charge on any atom is -0.392 e. The number of aliphatic hydroxyl groups excluding tert-OH is 2. The van der Waals surface area contributed by atoms with Gasteiger partial charge in [0.15, 0.2) is 0 Å². The van der Waals surface area contributed by atoms with Gasteiger partial charge in [0, 0.05) is 5.92 Å². The van der Waals surface area contributed by atoms with Crippen LogP contribution in [0, 0.1) is 24.2 Å². The third-order valence-electron chi connectivity index (χ3n) is 7.72. The number of aryl methyl sites for hydroxylation is 1. The van der Waals surface area contributed by atoms with Gasteiger partial charge in [-0.3, -0.25) is 9.59 Å². The van der Waals surface area contributed by atoms with E-state index in [0.29, 0.717) is 12.8 Å². The molecular weight excluding hydrogens is 496 g/mol. The number of carbonyl (C=O) groups is 2. The molecule has 0 radical (unpaired) electrons. The summed E-state index contributed by atoms with van der Waals surface area (Å²) in [4.78, 5) is 31.0. The van der Waals surface area contributed by atoms with Crippen LogP contribution >= 0.6 is 11.3 Å². The zero-order chi connectivity index (χ0) is 28.2. The lowest BCUT2D eigenvalue weighted by Gasteiger charge is -2.34. The number of carbonyl (C=O) groups excluding carboxylic acids is 2. The average molecular weight is 539 g/mol. The first-order valence-corrected chi connectivity index (χ1v) is 14.2. The van der Waals surface area contributed by atoms with E-state index in [4.69, 9.17) is 0 Å². The average Bonchev–Trinajstić information content (AvgIpc) is 3.23. The van der Waals surface area contributed by atoms with Crippen molar-refractivity contribution in [1.29, 1.82) is 0 Å². The second-order valence-corrected chi connectivity index (χ2v) is 12.6. The standard InChI is InChI=1S/C31H42N2O4S/c1-18-9-8-10-19(2)29(36)21(4)30(37)31(6,7)27(34)17-28(35)33-24(13-11-18)20(3)15-23-12-14-26-25(16-23)32-22(5)38-26/h8-9,11-12,14-16,19,21,24,27,29,34,36H,10,13,17H2,1-7H3,(H,33,35)/b9-8+,18-11+,20-15+/t19-,21+,24-,27-,29-/m0/s1. The molecule has 0 unspecified atom stereocenters. The number of hydrogen-bond donors (Lipinski definition) is 3. The van der Waals surface area contributed by atoms with Crippen molar-refractivity contribution in [3.8, 4) is 0 Å². The Labute approximate surface area is 230 Å². The third kappa shape index (κ3) is 7.28. The van der Waals surface area contributed by atoms with Crippen molar-refractivity contribution in [2.75, 3.05) is 0 Å². The Balaban J connectivity index is 1.92. The number of Topliss-reactive ketones (excluding diaryl/α,β-unsaturated/α-hetero) is 1. The molecule has 6 nitrogen and oxygen atoms in total. The summed E-state index contributed by atoms with van der Waals surface area (Å²) in [6.07, 6.45) is 7.18. The molecule has 1 aromatic carbocycles. The van der Waals surface area contributed by atoms with E-state index in [-0.39, 0.29) is 30.1 Å². The SMILES string of the molecule is CC1=C\C[C@@H](/C(C)=C/c2ccc3sc(C)nc3c2)NC(=O)C[C@H](O)C(C)(C)C(=O)[C@H](C)[C@@H](O)[C@@H](C)C\C=C\1. The normalized spacial score (nSPS) is 30.5. The second-order valence-electron chi connectivity index (χ2n) is 11.4. The molecule has 1 amide bonds. The molecule has 3 rings (SSSR count). The molecular formula is C31H42N2O4S. The predicted molar refractivity (Wildman–Crippen MR) is 156 cm³/mol. The van der Waals surface area contributed by atoms with Crippen molar-refractivity contribution >= 4 is 39.3 Å². The number of amides is 1. The molecule has 0 spiro atoms. The van der Waals surface area contributed by atoms with Crippen molar-refractivity contribution in [2.45, 2.75) is 86.0 Å². The maximum absolute atomic E-state index is 13.3. The first kappa shape index (κ1) is 29.9. The molecule has 2 aromatic rings. The summed E-state index contributed by atoms with van der Waals surface area (Å²) in [6, 6.07) is 5.90. The van der Waals surface area contributed by atoms with Crippen LogP contribution in [0.4, 0.5) is 0 Å². The molecule has 3 N–H and O–H groups in total. The summed E-state index contributed by atoms with van der Waals surface area (Å²) in [6.45, 7) is 12.9. The molecule has 2 heterocycles. The maximum atomic E-state index is 13.3. The minimum atomic E-state index is -1.18. The lowest BCUT2D eigenvalue weighted by atomic mass is 9.73. The Morgan fingerprint density at radius 2 is 1.87 bits per heavy atom. The number of ketones is 1. The molecule has 1 aliphatic heterocycles. The number of thiazole rings is 1. The zero-order valence-corrected chi connectivity index (χ0v) is 24.4. The van der Waals surface area contributed by atoms with Crippen LogP contribution in [-0.2, 0) is 9.59 Å². The van der Waals surface area contributed by atoms with Crippen LogP contribution in [0.25, 0.3) is 16.3 Å². The summed E-state index contributed by atoms with van der Waals surface area (Å²) in [5, 5.41) is 25.9. The van der Waals surface area contributed by atoms with Crippen molar-refractivity contribution in [3.05, 3.63) is 58.1 Å². The van der Waals surface area contributed by atoms with E-state index in [0.717, 1.165) is 31.9 Å². The van der Waals surface area contributed by atoms with Gasteiger partial charge in [0.05, 0.1) is 45.3 Å². The summed E-state index contributed by atoms with van der Waals surface area (Å²) in [7, 11) is 0. The smallest absolute Gasteiger partial charge is 0.223 e. The molecule has 38 heavy (non-hydrogen) atoms. The molecule has 7 heteroatoms. The summed E-state index contributed by atoms with van der Waals surface area (Å²) >= 11 is 1.66. The number of rotatable bonds is 2. The first-order chi connectivity index (χ1) is 17.8. The Hall–Kier alpha value is -2.61. The highest BCUT2D eigenvalue weighted by Gasteiger charge is 2.42. The molecule has 0 aliphatic carbocycles. The van der Waals surface area contributed by atoms with Gasteiger partial charge < -0.3 is 15.5 Å². The lowest BCUT2D eigenvalue weighted by molar-refractivity contribution is -0.143.